The number of para-hydroxylation sites is 1. The summed E-state index contributed by atoms with van der Waals surface area (Å²) in [5.74, 6) is -0.702. The van der Waals surface area contributed by atoms with Crippen molar-refractivity contribution in [3.05, 3.63) is 63.4 Å². The van der Waals surface area contributed by atoms with Crippen LogP contribution in [-0.2, 0) is 20.8 Å². The van der Waals surface area contributed by atoms with Gasteiger partial charge in [0, 0.05) is 25.9 Å². The van der Waals surface area contributed by atoms with Crippen LogP contribution in [0.3, 0.4) is 0 Å². The van der Waals surface area contributed by atoms with Crippen LogP contribution in [-0.4, -0.2) is 47.5 Å². The second-order valence-corrected chi connectivity index (χ2v) is 9.25. The molecule has 0 aliphatic rings. The molecule has 34 heavy (non-hydrogen) atoms. The normalized spacial score (nSPS) is 11.9. The molecule has 0 saturated heterocycles. The van der Waals surface area contributed by atoms with Gasteiger partial charge in [-0.1, -0.05) is 30.0 Å². The summed E-state index contributed by atoms with van der Waals surface area (Å²) in [5, 5.41) is 3.26. The number of anilines is 1. The first-order chi connectivity index (χ1) is 16.3. The number of rotatable bonds is 9. The maximum Gasteiger partial charge on any atom is 0.337 e. The molecule has 2 aromatic carbocycles. The molecule has 1 aromatic heterocycles. The number of methoxy groups -OCH3 is 2. The zero-order valence-electron chi connectivity index (χ0n) is 20.0. The number of carbonyl (C=O) groups is 2. The highest BCUT2D eigenvalue weighted by molar-refractivity contribution is 8.00. The van der Waals surface area contributed by atoms with Crippen molar-refractivity contribution in [3.63, 3.8) is 0 Å². The van der Waals surface area contributed by atoms with Gasteiger partial charge < -0.3 is 14.8 Å². The Labute approximate surface area is 202 Å². The molecule has 1 N–H and O–H groups in total. The zero-order chi connectivity index (χ0) is 24.8. The van der Waals surface area contributed by atoms with Gasteiger partial charge in [0.05, 0.1) is 28.8 Å². The third kappa shape index (κ3) is 5.66. The number of hydrogen-bond acceptors (Lipinski definition) is 7. The number of nitrogens with one attached hydrogen (secondary N) is 1. The third-order valence-corrected chi connectivity index (χ3v) is 6.54. The molecule has 1 unspecified atom stereocenters. The van der Waals surface area contributed by atoms with Crippen molar-refractivity contribution in [2.24, 2.45) is 0 Å². The first-order valence-corrected chi connectivity index (χ1v) is 11.8. The minimum absolute atomic E-state index is 0.191. The number of nitrogens with zero attached hydrogens (tertiary/aromatic N) is 2. The van der Waals surface area contributed by atoms with E-state index in [1.807, 2.05) is 32.0 Å². The first-order valence-electron chi connectivity index (χ1n) is 10.9. The van der Waals surface area contributed by atoms with Crippen LogP contribution in [0.15, 0.2) is 46.3 Å². The van der Waals surface area contributed by atoms with E-state index in [9.17, 15) is 14.4 Å². The smallest absolute Gasteiger partial charge is 0.337 e. The van der Waals surface area contributed by atoms with E-state index in [1.54, 1.807) is 30.7 Å². The van der Waals surface area contributed by atoms with E-state index < -0.39 is 11.2 Å². The lowest BCUT2D eigenvalue weighted by molar-refractivity contribution is -0.115. The van der Waals surface area contributed by atoms with Crippen LogP contribution in [0.1, 0.15) is 34.8 Å². The van der Waals surface area contributed by atoms with E-state index >= 15 is 0 Å². The molecule has 3 aromatic rings. The number of hydrogen-bond donors (Lipinski definition) is 1. The molecule has 0 aliphatic carbocycles. The van der Waals surface area contributed by atoms with Crippen LogP contribution in [0.4, 0.5) is 5.69 Å². The van der Waals surface area contributed by atoms with Gasteiger partial charge in [-0.3, -0.25) is 14.2 Å². The Hall–Kier alpha value is -3.17. The average Bonchev–Trinajstić information content (AvgIpc) is 2.82. The van der Waals surface area contributed by atoms with Gasteiger partial charge in [-0.2, -0.15) is 0 Å². The molecule has 0 radical (unpaired) electrons. The maximum atomic E-state index is 13.3. The van der Waals surface area contributed by atoms with E-state index in [0.717, 1.165) is 16.8 Å². The van der Waals surface area contributed by atoms with Gasteiger partial charge in [-0.05, 0) is 56.5 Å². The van der Waals surface area contributed by atoms with Gasteiger partial charge in [-0.25, -0.2) is 9.78 Å². The highest BCUT2D eigenvalue weighted by atomic mass is 32.2. The molecule has 1 atom stereocenters. The Balaban J connectivity index is 1.97. The number of esters is 1. The summed E-state index contributed by atoms with van der Waals surface area (Å²) in [6, 6.07) is 10.5. The summed E-state index contributed by atoms with van der Waals surface area (Å²) in [6.07, 6.45) is 0.611. The number of fused-ring (bicyclic) bond motifs is 1. The monoisotopic (exact) mass is 483 g/mol. The molecule has 180 valence electrons. The molecule has 0 spiro atoms. The number of aryl methyl sites for hydroxylation is 2. The Kier molecular flexibility index (Phi) is 8.46. The summed E-state index contributed by atoms with van der Waals surface area (Å²) >= 11 is 1.20. The fourth-order valence-corrected chi connectivity index (χ4v) is 4.48. The molecule has 3 rings (SSSR count). The fourth-order valence-electron chi connectivity index (χ4n) is 3.55. The molecule has 8 nitrogen and oxygen atoms in total. The highest BCUT2D eigenvalue weighted by Gasteiger charge is 2.21. The van der Waals surface area contributed by atoms with Crippen molar-refractivity contribution in [3.8, 4) is 0 Å². The molecule has 0 fully saturated rings. The van der Waals surface area contributed by atoms with Gasteiger partial charge in [-0.15, -0.1) is 0 Å². The van der Waals surface area contributed by atoms with E-state index in [2.05, 4.69) is 10.3 Å². The second kappa shape index (κ2) is 11.3. The fraction of sp³-hybridized carbons (Fsp3) is 0.360. The minimum Gasteiger partial charge on any atom is -0.465 e. The first kappa shape index (κ1) is 25.5. The van der Waals surface area contributed by atoms with E-state index in [1.165, 1.54) is 24.9 Å². The van der Waals surface area contributed by atoms with E-state index in [4.69, 9.17) is 9.47 Å². The predicted molar refractivity (Wildman–Crippen MR) is 134 cm³/mol. The molecule has 1 amide bonds. The van der Waals surface area contributed by atoms with Gasteiger partial charge in [0.25, 0.3) is 5.56 Å². The number of benzene rings is 2. The molecule has 1 heterocycles. The van der Waals surface area contributed by atoms with Crippen LogP contribution in [0.5, 0.6) is 0 Å². The quantitative estimate of drug-likeness (QED) is 0.213. The van der Waals surface area contributed by atoms with Crippen molar-refractivity contribution in [2.75, 3.05) is 26.1 Å². The predicted octanol–water partition coefficient (Wildman–Crippen LogP) is 3.96. The van der Waals surface area contributed by atoms with Crippen molar-refractivity contribution in [2.45, 2.75) is 44.1 Å². The largest absolute Gasteiger partial charge is 0.465 e. The lowest BCUT2D eigenvalue weighted by Gasteiger charge is -2.18. The van der Waals surface area contributed by atoms with Crippen molar-refractivity contribution in [1.82, 2.24) is 9.55 Å². The summed E-state index contributed by atoms with van der Waals surface area (Å²) in [6.45, 7) is 6.53. The Morgan fingerprint density at radius 3 is 2.50 bits per heavy atom. The molecular weight excluding hydrogens is 454 g/mol. The minimum atomic E-state index is -0.527. The van der Waals surface area contributed by atoms with Gasteiger partial charge >= 0.3 is 5.97 Å². The second-order valence-electron chi connectivity index (χ2n) is 7.94. The van der Waals surface area contributed by atoms with E-state index in [-0.39, 0.29) is 11.5 Å². The topological polar surface area (TPSA) is 99.5 Å². The Morgan fingerprint density at radius 2 is 1.85 bits per heavy atom. The van der Waals surface area contributed by atoms with E-state index in [0.29, 0.717) is 41.2 Å². The van der Waals surface area contributed by atoms with Crippen LogP contribution < -0.4 is 10.9 Å². The molecule has 9 heteroatoms. The zero-order valence-corrected chi connectivity index (χ0v) is 20.8. The van der Waals surface area contributed by atoms with Gasteiger partial charge in [0.1, 0.15) is 0 Å². The molecular formula is C25H29N3O5S. The van der Waals surface area contributed by atoms with Gasteiger partial charge in [0.15, 0.2) is 5.16 Å². The van der Waals surface area contributed by atoms with Crippen LogP contribution in [0.25, 0.3) is 10.9 Å². The molecule has 0 aliphatic heterocycles. The van der Waals surface area contributed by atoms with Crippen LogP contribution in [0.2, 0.25) is 0 Å². The lowest BCUT2D eigenvalue weighted by atomic mass is 10.1. The summed E-state index contributed by atoms with van der Waals surface area (Å²) < 4.78 is 11.5. The maximum absolute atomic E-state index is 13.3. The third-order valence-electron chi connectivity index (χ3n) is 5.45. The number of ether oxygens (including phenoxy) is 2. The van der Waals surface area contributed by atoms with Crippen LogP contribution in [0, 0.1) is 13.8 Å². The summed E-state index contributed by atoms with van der Waals surface area (Å²) in [5.41, 5.74) is 3.17. The Bertz CT molecular complexity index is 1250. The van der Waals surface area contributed by atoms with Crippen molar-refractivity contribution < 1.29 is 19.1 Å². The standard InChI is InChI=1S/C25H29N3O5S/c1-15-8-6-9-16(2)21(15)27-22(29)17(3)34-25-26-20-14-18(24(31)33-5)10-11-19(20)23(30)28(25)12-7-13-32-4/h6,8-11,14,17H,7,12-13H2,1-5H3,(H,27,29). The van der Waals surface area contributed by atoms with Gasteiger partial charge in [0.2, 0.25) is 5.91 Å². The van der Waals surface area contributed by atoms with Crippen molar-refractivity contribution >= 4 is 40.2 Å². The summed E-state index contributed by atoms with van der Waals surface area (Å²) in [7, 11) is 2.90. The number of amides is 1. The number of aromatic nitrogens is 2. The SMILES string of the molecule is COCCCn1c(SC(C)C(=O)Nc2c(C)cccc2C)nc2cc(C(=O)OC)ccc2c1=O. The van der Waals surface area contributed by atoms with Crippen LogP contribution >= 0.6 is 11.8 Å². The lowest BCUT2D eigenvalue weighted by Crippen LogP contribution is -2.28. The number of carbonyl (C=O) groups excluding carboxylic acids is 2. The molecule has 0 saturated carbocycles. The highest BCUT2D eigenvalue weighted by Crippen LogP contribution is 2.26. The Morgan fingerprint density at radius 1 is 1.15 bits per heavy atom. The van der Waals surface area contributed by atoms with Crippen molar-refractivity contribution in [1.29, 1.82) is 0 Å². The number of thioether (sulfide) groups is 1. The average molecular weight is 484 g/mol. The molecule has 0 bridgehead atoms. The summed E-state index contributed by atoms with van der Waals surface area (Å²) in [4.78, 5) is 42.9.